The Labute approximate surface area is 133 Å². The normalized spacial score (nSPS) is 15.0. The van der Waals surface area contributed by atoms with E-state index < -0.39 is 0 Å². The number of nitrogens with one attached hydrogen (secondary N) is 1. The van der Waals surface area contributed by atoms with Crippen LogP contribution in [0.15, 0.2) is 29.6 Å². The second-order valence-corrected chi connectivity index (χ2v) is 6.28. The maximum atomic E-state index is 6.32. The van der Waals surface area contributed by atoms with E-state index >= 15 is 0 Å². The van der Waals surface area contributed by atoms with Crippen LogP contribution in [0.4, 0.5) is 0 Å². The molecule has 1 aliphatic rings. The summed E-state index contributed by atoms with van der Waals surface area (Å²) >= 11 is 8.00. The number of hydrogen-bond acceptors (Lipinski definition) is 4. The van der Waals surface area contributed by atoms with Gasteiger partial charge in [0.15, 0.2) is 11.5 Å². The predicted molar refractivity (Wildman–Crippen MR) is 86.9 cm³/mol. The van der Waals surface area contributed by atoms with E-state index in [2.05, 4.69) is 24.4 Å². The van der Waals surface area contributed by atoms with Gasteiger partial charge in [-0.1, -0.05) is 24.6 Å². The van der Waals surface area contributed by atoms with Gasteiger partial charge in [0, 0.05) is 4.88 Å². The molecule has 5 heteroatoms. The van der Waals surface area contributed by atoms with Crippen molar-refractivity contribution in [3.8, 4) is 11.5 Å². The zero-order valence-corrected chi connectivity index (χ0v) is 13.5. The van der Waals surface area contributed by atoms with Gasteiger partial charge in [-0.3, -0.25) is 0 Å². The van der Waals surface area contributed by atoms with Crippen LogP contribution in [-0.4, -0.2) is 19.8 Å². The molecule has 0 bridgehead atoms. The number of thiophene rings is 1. The number of hydrogen-bond donors (Lipinski definition) is 1. The van der Waals surface area contributed by atoms with Crippen LogP contribution >= 0.6 is 22.9 Å². The van der Waals surface area contributed by atoms with E-state index in [-0.39, 0.29) is 6.04 Å². The Bertz CT molecular complexity index is 614. The van der Waals surface area contributed by atoms with Crippen molar-refractivity contribution in [2.45, 2.75) is 19.4 Å². The summed E-state index contributed by atoms with van der Waals surface area (Å²) in [5.74, 6) is 1.63. The highest BCUT2D eigenvalue weighted by atomic mass is 35.5. The first-order valence-electron chi connectivity index (χ1n) is 7.15. The third-order valence-corrected chi connectivity index (χ3v) is 4.83. The minimum Gasteiger partial charge on any atom is -0.486 e. The van der Waals surface area contributed by atoms with Crippen LogP contribution in [0.2, 0.25) is 5.02 Å². The van der Waals surface area contributed by atoms with E-state index in [0.29, 0.717) is 13.2 Å². The van der Waals surface area contributed by atoms with Gasteiger partial charge in [0.05, 0.1) is 11.1 Å². The van der Waals surface area contributed by atoms with Gasteiger partial charge in [-0.25, -0.2) is 0 Å². The lowest BCUT2D eigenvalue weighted by molar-refractivity contribution is 0.171. The van der Waals surface area contributed by atoms with Gasteiger partial charge in [-0.05, 0) is 42.1 Å². The van der Waals surface area contributed by atoms with Gasteiger partial charge >= 0.3 is 0 Å². The molecule has 0 fully saturated rings. The average molecular weight is 324 g/mol. The molecule has 0 saturated heterocycles. The fourth-order valence-corrected chi connectivity index (χ4v) is 3.67. The molecule has 1 unspecified atom stereocenters. The largest absolute Gasteiger partial charge is 0.486 e. The molecule has 1 atom stereocenters. The lowest BCUT2D eigenvalue weighted by atomic mass is 10.0. The minimum atomic E-state index is 0.0910. The molecule has 0 spiro atoms. The molecule has 0 saturated carbocycles. The second kappa shape index (κ2) is 6.69. The van der Waals surface area contributed by atoms with E-state index in [1.54, 1.807) is 11.3 Å². The summed E-state index contributed by atoms with van der Waals surface area (Å²) < 4.78 is 11.3. The van der Waals surface area contributed by atoms with E-state index in [1.165, 1.54) is 0 Å². The van der Waals surface area contributed by atoms with Gasteiger partial charge in [0.1, 0.15) is 13.2 Å². The molecule has 0 radical (unpaired) electrons. The average Bonchev–Trinajstić information content (AvgIpc) is 2.94. The molecule has 1 aliphatic heterocycles. The van der Waals surface area contributed by atoms with Crippen LogP contribution in [0.25, 0.3) is 0 Å². The zero-order chi connectivity index (χ0) is 14.7. The lowest BCUT2D eigenvalue weighted by Gasteiger charge is -2.22. The zero-order valence-electron chi connectivity index (χ0n) is 11.9. The van der Waals surface area contributed by atoms with Crippen LogP contribution in [0.1, 0.15) is 29.8 Å². The van der Waals surface area contributed by atoms with Crippen molar-refractivity contribution in [2.24, 2.45) is 0 Å². The summed E-state index contributed by atoms with van der Waals surface area (Å²) in [4.78, 5) is 1.14. The van der Waals surface area contributed by atoms with Crippen LogP contribution in [0.3, 0.4) is 0 Å². The first-order chi connectivity index (χ1) is 10.3. The summed E-state index contributed by atoms with van der Waals surface area (Å²) in [5.41, 5.74) is 1.15. The van der Waals surface area contributed by atoms with Gasteiger partial charge in [0.25, 0.3) is 0 Å². The van der Waals surface area contributed by atoms with Gasteiger partial charge in [-0.15, -0.1) is 11.3 Å². The summed E-state index contributed by atoms with van der Waals surface area (Å²) in [6.45, 7) is 4.31. The monoisotopic (exact) mass is 323 g/mol. The molecule has 3 nitrogen and oxygen atoms in total. The Morgan fingerprint density at radius 2 is 2.05 bits per heavy atom. The van der Waals surface area contributed by atoms with Gasteiger partial charge in [-0.2, -0.15) is 0 Å². The maximum absolute atomic E-state index is 6.32. The summed E-state index contributed by atoms with van der Waals surface area (Å²) in [5, 5.41) is 6.40. The Hall–Kier alpha value is -1.23. The van der Waals surface area contributed by atoms with Gasteiger partial charge in [0.2, 0.25) is 0 Å². The Morgan fingerprint density at radius 1 is 1.24 bits per heavy atom. The number of benzene rings is 1. The minimum absolute atomic E-state index is 0.0910. The van der Waals surface area contributed by atoms with E-state index in [9.17, 15) is 0 Å². The first kappa shape index (κ1) is 14.7. The van der Waals surface area contributed by atoms with Crippen molar-refractivity contribution >= 4 is 22.9 Å². The highest BCUT2D eigenvalue weighted by Crippen LogP contribution is 2.37. The molecule has 0 amide bonds. The topological polar surface area (TPSA) is 30.5 Å². The smallest absolute Gasteiger partial charge is 0.161 e. The Morgan fingerprint density at radius 3 is 2.76 bits per heavy atom. The highest BCUT2D eigenvalue weighted by Gasteiger charge is 2.20. The van der Waals surface area contributed by atoms with E-state index in [0.717, 1.165) is 39.9 Å². The summed E-state index contributed by atoms with van der Waals surface area (Å²) in [6, 6.07) is 8.15. The van der Waals surface area contributed by atoms with Gasteiger partial charge < -0.3 is 14.8 Å². The molecule has 112 valence electrons. The van der Waals surface area contributed by atoms with Crippen molar-refractivity contribution < 1.29 is 9.47 Å². The van der Waals surface area contributed by atoms with Crippen LogP contribution < -0.4 is 14.8 Å². The Kier molecular flexibility index (Phi) is 4.68. The van der Waals surface area contributed by atoms with Crippen molar-refractivity contribution in [1.82, 2.24) is 5.32 Å². The predicted octanol–water partition coefficient (Wildman–Crippen LogP) is 4.26. The summed E-state index contributed by atoms with van der Waals surface area (Å²) in [7, 11) is 0. The standard InChI is InChI=1S/C16H18ClNO2S/c1-2-6-18-15(16-12(17)5-9-21-16)11-3-4-13-14(10-11)20-8-7-19-13/h3-5,9-10,15,18H,2,6-8H2,1H3. The number of ether oxygens (including phenoxy) is 2. The van der Waals surface area contributed by atoms with E-state index in [4.69, 9.17) is 21.1 Å². The Balaban J connectivity index is 1.94. The molecule has 1 aromatic heterocycles. The quantitative estimate of drug-likeness (QED) is 0.891. The molecular weight excluding hydrogens is 306 g/mol. The number of fused-ring (bicyclic) bond motifs is 1. The SMILES string of the molecule is CCCNC(c1ccc2c(c1)OCCO2)c1sccc1Cl. The van der Waals surface area contributed by atoms with Crippen molar-refractivity contribution in [2.75, 3.05) is 19.8 Å². The molecule has 3 rings (SSSR count). The lowest BCUT2D eigenvalue weighted by Crippen LogP contribution is -2.23. The molecule has 2 aromatic rings. The number of rotatable bonds is 5. The summed E-state index contributed by atoms with van der Waals surface area (Å²) in [6.07, 6.45) is 1.07. The maximum Gasteiger partial charge on any atom is 0.161 e. The molecule has 21 heavy (non-hydrogen) atoms. The fourth-order valence-electron chi connectivity index (χ4n) is 2.40. The van der Waals surface area contributed by atoms with Crippen molar-refractivity contribution in [1.29, 1.82) is 0 Å². The van der Waals surface area contributed by atoms with Crippen LogP contribution in [0, 0.1) is 0 Å². The molecule has 1 N–H and O–H groups in total. The van der Waals surface area contributed by atoms with E-state index in [1.807, 2.05) is 17.5 Å². The highest BCUT2D eigenvalue weighted by molar-refractivity contribution is 7.10. The third kappa shape index (κ3) is 3.18. The first-order valence-corrected chi connectivity index (χ1v) is 8.41. The third-order valence-electron chi connectivity index (χ3n) is 3.40. The molecule has 0 aliphatic carbocycles. The van der Waals surface area contributed by atoms with Crippen LogP contribution in [-0.2, 0) is 0 Å². The molecular formula is C16H18ClNO2S. The van der Waals surface area contributed by atoms with Crippen molar-refractivity contribution in [3.05, 3.63) is 45.1 Å². The van der Waals surface area contributed by atoms with Crippen LogP contribution in [0.5, 0.6) is 11.5 Å². The van der Waals surface area contributed by atoms with Crippen molar-refractivity contribution in [3.63, 3.8) is 0 Å². The second-order valence-electron chi connectivity index (χ2n) is 4.92. The molecule has 1 aromatic carbocycles. The number of halogens is 1. The molecule has 2 heterocycles. The fraction of sp³-hybridized carbons (Fsp3) is 0.375.